The quantitative estimate of drug-likeness (QED) is 0.675. The van der Waals surface area contributed by atoms with Crippen molar-refractivity contribution in [1.29, 1.82) is 0 Å². The molecule has 0 aromatic carbocycles. The SMILES string of the molecule is CCCCCN1Cn2nc(-c3ccncn3)nc2-c2[nH]c(Br)nc21. The van der Waals surface area contributed by atoms with Crippen molar-refractivity contribution in [1.82, 2.24) is 34.7 Å². The summed E-state index contributed by atoms with van der Waals surface area (Å²) in [5.74, 6) is 2.30. The van der Waals surface area contributed by atoms with Crippen molar-refractivity contribution in [2.24, 2.45) is 0 Å². The summed E-state index contributed by atoms with van der Waals surface area (Å²) in [6.07, 6.45) is 6.72. The first-order chi connectivity index (χ1) is 11.8. The lowest BCUT2D eigenvalue weighted by molar-refractivity contribution is 0.548. The van der Waals surface area contributed by atoms with E-state index in [4.69, 9.17) is 0 Å². The number of unbranched alkanes of at least 4 members (excludes halogenated alkanes) is 2. The first kappa shape index (κ1) is 15.3. The molecule has 1 aliphatic rings. The van der Waals surface area contributed by atoms with Gasteiger partial charge in [-0.05, 0) is 28.4 Å². The number of aromatic amines is 1. The summed E-state index contributed by atoms with van der Waals surface area (Å²) in [7, 11) is 0. The Labute approximate surface area is 147 Å². The topological polar surface area (TPSA) is 88.4 Å². The zero-order valence-electron chi connectivity index (χ0n) is 13.3. The van der Waals surface area contributed by atoms with Crippen molar-refractivity contribution in [3.63, 3.8) is 0 Å². The van der Waals surface area contributed by atoms with Gasteiger partial charge in [0.15, 0.2) is 16.4 Å². The first-order valence-electron chi connectivity index (χ1n) is 7.98. The number of aromatic nitrogens is 7. The molecule has 0 aliphatic carbocycles. The molecule has 0 spiro atoms. The molecule has 0 amide bonds. The summed E-state index contributed by atoms with van der Waals surface area (Å²) < 4.78 is 2.60. The van der Waals surface area contributed by atoms with Crippen LogP contribution in [0.25, 0.3) is 23.0 Å². The van der Waals surface area contributed by atoms with Crippen molar-refractivity contribution in [3.05, 3.63) is 23.3 Å². The Hall–Kier alpha value is -2.29. The lowest BCUT2D eigenvalue weighted by Crippen LogP contribution is -2.32. The standard InChI is InChI=1S/C15H17BrN8/c1-2-3-4-7-23-9-24-14(11-13(23)21-15(16)19-11)20-12(22-24)10-5-6-17-8-18-10/h5-6,8H,2-4,7,9H2,1H3,(H,19,21). The molecule has 24 heavy (non-hydrogen) atoms. The molecule has 9 heteroatoms. The summed E-state index contributed by atoms with van der Waals surface area (Å²) in [5, 5.41) is 4.62. The monoisotopic (exact) mass is 388 g/mol. The van der Waals surface area contributed by atoms with Gasteiger partial charge in [0, 0.05) is 12.7 Å². The normalized spacial score (nSPS) is 13.0. The van der Waals surface area contributed by atoms with Crippen LogP contribution in [0.3, 0.4) is 0 Å². The molecular formula is C15H17BrN8. The van der Waals surface area contributed by atoms with Gasteiger partial charge in [0.05, 0.1) is 0 Å². The second-order valence-electron chi connectivity index (χ2n) is 5.69. The minimum atomic E-state index is 0.597. The summed E-state index contributed by atoms with van der Waals surface area (Å²) in [5.41, 5.74) is 1.60. The minimum Gasteiger partial charge on any atom is -0.335 e. The Balaban J connectivity index is 1.71. The second kappa shape index (κ2) is 6.31. The molecule has 4 rings (SSSR count). The molecule has 3 aromatic heterocycles. The zero-order chi connectivity index (χ0) is 16.5. The van der Waals surface area contributed by atoms with Gasteiger partial charge in [-0.3, -0.25) is 0 Å². The van der Waals surface area contributed by atoms with Gasteiger partial charge in [0.2, 0.25) is 5.82 Å². The maximum atomic E-state index is 4.65. The van der Waals surface area contributed by atoms with Crippen LogP contribution in [0.5, 0.6) is 0 Å². The van der Waals surface area contributed by atoms with E-state index in [1.807, 2.05) is 10.7 Å². The molecule has 0 unspecified atom stereocenters. The van der Waals surface area contributed by atoms with E-state index in [0.717, 1.165) is 30.3 Å². The average Bonchev–Trinajstić information content (AvgIpc) is 3.19. The highest BCUT2D eigenvalue weighted by Crippen LogP contribution is 2.34. The van der Waals surface area contributed by atoms with Gasteiger partial charge in [0.25, 0.3) is 0 Å². The summed E-state index contributed by atoms with van der Waals surface area (Å²) in [6, 6.07) is 1.81. The van der Waals surface area contributed by atoms with Gasteiger partial charge in [-0.1, -0.05) is 19.8 Å². The number of nitrogens with one attached hydrogen (secondary N) is 1. The fourth-order valence-electron chi connectivity index (χ4n) is 2.84. The van der Waals surface area contributed by atoms with Crippen LogP contribution in [0, 0.1) is 0 Å². The van der Waals surface area contributed by atoms with Crippen molar-refractivity contribution < 1.29 is 0 Å². The summed E-state index contributed by atoms with van der Waals surface area (Å²) >= 11 is 3.43. The smallest absolute Gasteiger partial charge is 0.200 e. The highest BCUT2D eigenvalue weighted by molar-refractivity contribution is 9.10. The Morgan fingerprint density at radius 1 is 1.29 bits per heavy atom. The van der Waals surface area contributed by atoms with Gasteiger partial charge in [-0.2, -0.15) is 0 Å². The van der Waals surface area contributed by atoms with Gasteiger partial charge < -0.3 is 9.88 Å². The third-order valence-electron chi connectivity index (χ3n) is 4.00. The molecule has 0 fully saturated rings. The maximum absolute atomic E-state index is 4.65. The summed E-state index contributed by atoms with van der Waals surface area (Å²) in [4.78, 5) is 22.9. The third kappa shape index (κ3) is 2.68. The molecule has 8 nitrogen and oxygen atoms in total. The van der Waals surface area contributed by atoms with Crippen LogP contribution in [-0.4, -0.2) is 41.2 Å². The zero-order valence-corrected chi connectivity index (χ0v) is 14.9. The van der Waals surface area contributed by atoms with Crippen LogP contribution in [-0.2, 0) is 6.67 Å². The fourth-order valence-corrected chi connectivity index (χ4v) is 3.20. The third-order valence-corrected chi connectivity index (χ3v) is 4.37. The number of imidazole rings is 1. The minimum absolute atomic E-state index is 0.597. The molecule has 0 atom stereocenters. The number of rotatable bonds is 5. The van der Waals surface area contributed by atoms with Crippen LogP contribution in [0.4, 0.5) is 5.82 Å². The number of anilines is 1. The highest BCUT2D eigenvalue weighted by Gasteiger charge is 2.29. The Morgan fingerprint density at radius 2 is 2.21 bits per heavy atom. The first-order valence-corrected chi connectivity index (χ1v) is 8.77. The molecule has 1 N–H and O–H groups in total. The van der Waals surface area contributed by atoms with Crippen LogP contribution < -0.4 is 4.90 Å². The fraction of sp³-hybridized carbons (Fsp3) is 0.400. The maximum Gasteiger partial charge on any atom is 0.200 e. The van der Waals surface area contributed by atoms with Gasteiger partial charge in [-0.25, -0.2) is 24.6 Å². The van der Waals surface area contributed by atoms with E-state index >= 15 is 0 Å². The average molecular weight is 389 g/mol. The van der Waals surface area contributed by atoms with E-state index in [1.165, 1.54) is 19.2 Å². The molecule has 0 bridgehead atoms. The van der Waals surface area contributed by atoms with Crippen molar-refractivity contribution in [3.8, 4) is 23.0 Å². The van der Waals surface area contributed by atoms with E-state index in [1.54, 1.807) is 6.20 Å². The van der Waals surface area contributed by atoms with E-state index in [2.05, 4.69) is 57.8 Å². The summed E-state index contributed by atoms with van der Waals surface area (Å²) in [6.45, 7) is 3.79. The molecule has 0 radical (unpaired) electrons. The highest BCUT2D eigenvalue weighted by atomic mass is 79.9. The lowest BCUT2D eigenvalue weighted by Gasteiger charge is -2.27. The van der Waals surface area contributed by atoms with Crippen molar-refractivity contribution in [2.45, 2.75) is 32.9 Å². The van der Waals surface area contributed by atoms with Crippen LogP contribution >= 0.6 is 15.9 Å². The van der Waals surface area contributed by atoms with Crippen LogP contribution in [0.15, 0.2) is 23.3 Å². The predicted molar refractivity (Wildman–Crippen MR) is 93.2 cm³/mol. The molecule has 124 valence electrons. The van der Waals surface area contributed by atoms with E-state index in [9.17, 15) is 0 Å². The van der Waals surface area contributed by atoms with E-state index in [-0.39, 0.29) is 0 Å². The van der Waals surface area contributed by atoms with Crippen LogP contribution in [0.1, 0.15) is 26.2 Å². The van der Waals surface area contributed by atoms with Crippen molar-refractivity contribution >= 4 is 21.7 Å². The number of nitrogens with zero attached hydrogens (tertiary/aromatic N) is 7. The Kier molecular flexibility index (Phi) is 4.01. The Bertz CT molecular complexity index is 841. The molecule has 1 aliphatic heterocycles. The van der Waals surface area contributed by atoms with Crippen LogP contribution in [0.2, 0.25) is 0 Å². The van der Waals surface area contributed by atoms with Gasteiger partial charge in [0.1, 0.15) is 24.4 Å². The number of H-pyrrole nitrogens is 1. The van der Waals surface area contributed by atoms with Crippen molar-refractivity contribution in [2.75, 3.05) is 11.4 Å². The largest absolute Gasteiger partial charge is 0.335 e. The predicted octanol–water partition coefficient (Wildman–Crippen LogP) is 2.86. The number of hydrogen-bond donors (Lipinski definition) is 1. The molecular weight excluding hydrogens is 372 g/mol. The van der Waals surface area contributed by atoms with E-state index < -0.39 is 0 Å². The molecule has 3 aromatic rings. The number of hydrogen-bond acceptors (Lipinski definition) is 6. The number of halogens is 1. The number of fused-ring (bicyclic) bond motifs is 3. The van der Waals surface area contributed by atoms with E-state index in [0.29, 0.717) is 22.9 Å². The van der Waals surface area contributed by atoms with Gasteiger partial charge in [-0.15, -0.1) is 5.10 Å². The van der Waals surface area contributed by atoms with Gasteiger partial charge >= 0.3 is 0 Å². The molecule has 4 heterocycles. The second-order valence-corrected chi connectivity index (χ2v) is 6.44. The molecule has 0 saturated heterocycles. The lowest BCUT2D eigenvalue weighted by atomic mass is 10.2. The Morgan fingerprint density at radius 3 is 3.00 bits per heavy atom. The molecule has 0 saturated carbocycles.